The summed E-state index contributed by atoms with van der Waals surface area (Å²) in [5, 5.41) is 9.16. The van der Waals surface area contributed by atoms with Crippen molar-refractivity contribution in [2.45, 2.75) is 13.8 Å². The van der Waals surface area contributed by atoms with Crippen molar-refractivity contribution in [1.29, 1.82) is 0 Å². The number of anilines is 2. The van der Waals surface area contributed by atoms with E-state index in [0.29, 0.717) is 40.7 Å². The first-order valence-corrected chi connectivity index (χ1v) is 8.44. The van der Waals surface area contributed by atoms with Gasteiger partial charge in [-0.15, -0.1) is 0 Å². The topological polar surface area (TPSA) is 93.5 Å². The van der Waals surface area contributed by atoms with Crippen molar-refractivity contribution in [3.63, 3.8) is 0 Å². The predicted molar refractivity (Wildman–Crippen MR) is 101 cm³/mol. The molecule has 0 unspecified atom stereocenters. The standard InChI is InChI=1S/C20H19N3O4/c1-3-26-17-7-5-4-6-16(17)21-19(24)14-8-10-15(11-9-14)20(25)22-18-12-13(2)27-23-18/h4-12H,3H2,1-2H3,(H,21,24)(H,22,23,25). The molecule has 1 aromatic heterocycles. The van der Waals surface area contributed by atoms with Gasteiger partial charge in [-0.25, -0.2) is 0 Å². The van der Waals surface area contributed by atoms with Gasteiger partial charge >= 0.3 is 0 Å². The molecule has 0 fully saturated rings. The number of carbonyl (C=O) groups excluding carboxylic acids is 2. The highest BCUT2D eigenvalue weighted by Gasteiger charge is 2.12. The minimum absolute atomic E-state index is 0.291. The number of aryl methyl sites for hydroxylation is 1. The Kier molecular flexibility index (Phi) is 5.51. The van der Waals surface area contributed by atoms with E-state index in [0.717, 1.165) is 0 Å². The van der Waals surface area contributed by atoms with E-state index in [1.165, 1.54) is 0 Å². The van der Waals surface area contributed by atoms with Crippen LogP contribution >= 0.6 is 0 Å². The number of hydrogen-bond donors (Lipinski definition) is 2. The molecule has 2 aromatic carbocycles. The molecule has 7 nitrogen and oxygen atoms in total. The number of benzene rings is 2. The number of amides is 2. The van der Waals surface area contributed by atoms with Crippen molar-refractivity contribution < 1.29 is 18.8 Å². The Bertz CT molecular complexity index is 948. The second-order valence-corrected chi connectivity index (χ2v) is 5.74. The highest BCUT2D eigenvalue weighted by Crippen LogP contribution is 2.24. The molecule has 2 N–H and O–H groups in total. The first-order valence-electron chi connectivity index (χ1n) is 8.44. The zero-order chi connectivity index (χ0) is 19.2. The predicted octanol–water partition coefficient (Wildman–Crippen LogP) is 3.89. The van der Waals surface area contributed by atoms with Gasteiger partial charge in [-0.05, 0) is 50.2 Å². The average molecular weight is 365 g/mol. The van der Waals surface area contributed by atoms with Gasteiger partial charge in [0.25, 0.3) is 11.8 Å². The summed E-state index contributed by atoms with van der Waals surface area (Å²) in [6, 6.07) is 15.2. The molecule has 0 aliphatic rings. The lowest BCUT2D eigenvalue weighted by molar-refractivity contribution is 0.101. The summed E-state index contributed by atoms with van der Waals surface area (Å²) in [6.45, 7) is 4.12. The molecule has 0 saturated carbocycles. The van der Waals surface area contributed by atoms with E-state index in [4.69, 9.17) is 9.26 Å². The molecule has 0 atom stereocenters. The van der Waals surface area contributed by atoms with Crippen LogP contribution in [-0.2, 0) is 0 Å². The molecule has 2 amide bonds. The zero-order valence-electron chi connectivity index (χ0n) is 15.0. The van der Waals surface area contributed by atoms with E-state index in [2.05, 4.69) is 15.8 Å². The maximum atomic E-state index is 12.5. The Morgan fingerprint density at radius 3 is 2.22 bits per heavy atom. The maximum Gasteiger partial charge on any atom is 0.256 e. The van der Waals surface area contributed by atoms with Gasteiger partial charge < -0.3 is 19.9 Å². The maximum absolute atomic E-state index is 12.5. The second-order valence-electron chi connectivity index (χ2n) is 5.74. The molecule has 27 heavy (non-hydrogen) atoms. The smallest absolute Gasteiger partial charge is 0.256 e. The highest BCUT2D eigenvalue weighted by atomic mass is 16.5. The molecular formula is C20H19N3O4. The van der Waals surface area contributed by atoms with Gasteiger partial charge in [0.2, 0.25) is 0 Å². The van der Waals surface area contributed by atoms with E-state index in [-0.39, 0.29) is 11.8 Å². The van der Waals surface area contributed by atoms with Crippen LogP contribution in [0.4, 0.5) is 11.5 Å². The summed E-state index contributed by atoms with van der Waals surface area (Å²) in [7, 11) is 0. The lowest BCUT2D eigenvalue weighted by Crippen LogP contribution is -2.15. The summed E-state index contributed by atoms with van der Waals surface area (Å²) < 4.78 is 10.4. The average Bonchev–Trinajstić information content (AvgIpc) is 3.08. The number of para-hydroxylation sites is 2. The lowest BCUT2D eigenvalue weighted by atomic mass is 10.1. The van der Waals surface area contributed by atoms with Crippen LogP contribution in [0.1, 0.15) is 33.4 Å². The van der Waals surface area contributed by atoms with Crippen LogP contribution in [0, 0.1) is 6.92 Å². The van der Waals surface area contributed by atoms with Crippen LogP contribution in [-0.4, -0.2) is 23.6 Å². The van der Waals surface area contributed by atoms with Gasteiger partial charge in [0.05, 0.1) is 12.3 Å². The molecule has 0 aliphatic heterocycles. The van der Waals surface area contributed by atoms with Crippen molar-refractivity contribution in [2.75, 3.05) is 17.2 Å². The number of ether oxygens (including phenoxy) is 1. The molecule has 0 spiro atoms. The van der Waals surface area contributed by atoms with Gasteiger partial charge in [0.1, 0.15) is 11.5 Å². The highest BCUT2D eigenvalue weighted by molar-refractivity contribution is 6.07. The quantitative estimate of drug-likeness (QED) is 0.691. The molecule has 1 heterocycles. The van der Waals surface area contributed by atoms with E-state index >= 15 is 0 Å². The van der Waals surface area contributed by atoms with Crippen molar-refractivity contribution in [3.05, 3.63) is 71.5 Å². The van der Waals surface area contributed by atoms with Crippen molar-refractivity contribution in [2.24, 2.45) is 0 Å². The number of rotatable bonds is 6. The minimum Gasteiger partial charge on any atom is -0.492 e. The molecule has 138 valence electrons. The summed E-state index contributed by atoms with van der Waals surface area (Å²) in [5.74, 6) is 0.918. The summed E-state index contributed by atoms with van der Waals surface area (Å²) in [4.78, 5) is 24.7. The second kappa shape index (κ2) is 8.18. The van der Waals surface area contributed by atoms with Crippen LogP contribution in [0.5, 0.6) is 5.75 Å². The zero-order valence-corrected chi connectivity index (χ0v) is 15.0. The van der Waals surface area contributed by atoms with Gasteiger partial charge in [-0.2, -0.15) is 0 Å². The fourth-order valence-corrected chi connectivity index (χ4v) is 2.43. The van der Waals surface area contributed by atoms with Crippen LogP contribution < -0.4 is 15.4 Å². The summed E-state index contributed by atoms with van der Waals surface area (Å²) in [6.07, 6.45) is 0. The molecule has 7 heteroatoms. The fourth-order valence-electron chi connectivity index (χ4n) is 2.43. The van der Waals surface area contributed by atoms with Crippen molar-refractivity contribution >= 4 is 23.3 Å². The monoisotopic (exact) mass is 365 g/mol. The van der Waals surface area contributed by atoms with Crippen LogP contribution in [0.15, 0.2) is 59.1 Å². The first kappa shape index (κ1) is 18.2. The molecule has 3 rings (SSSR count). The minimum atomic E-state index is -0.336. The van der Waals surface area contributed by atoms with Gasteiger partial charge in [-0.3, -0.25) is 9.59 Å². The largest absolute Gasteiger partial charge is 0.492 e. The summed E-state index contributed by atoms with van der Waals surface area (Å²) in [5.41, 5.74) is 1.42. The van der Waals surface area contributed by atoms with E-state index < -0.39 is 0 Å². The number of nitrogens with zero attached hydrogens (tertiary/aromatic N) is 1. The third-order valence-corrected chi connectivity index (χ3v) is 3.71. The Balaban J connectivity index is 1.68. The fraction of sp³-hybridized carbons (Fsp3) is 0.150. The third kappa shape index (κ3) is 4.52. The van der Waals surface area contributed by atoms with E-state index in [1.807, 2.05) is 19.1 Å². The van der Waals surface area contributed by atoms with Gasteiger partial charge in [0, 0.05) is 17.2 Å². The normalized spacial score (nSPS) is 10.3. The van der Waals surface area contributed by atoms with E-state index in [1.54, 1.807) is 49.4 Å². The number of hydrogen-bond acceptors (Lipinski definition) is 5. The van der Waals surface area contributed by atoms with Crippen molar-refractivity contribution in [3.8, 4) is 5.75 Å². The summed E-state index contributed by atoms with van der Waals surface area (Å²) >= 11 is 0. The Labute approximate surface area is 156 Å². The molecule has 0 bridgehead atoms. The molecular weight excluding hydrogens is 346 g/mol. The SMILES string of the molecule is CCOc1ccccc1NC(=O)c1ccc(C(=O)Nc2cc(C)on2)cc1. The van der Waals surface area contributed by atoms with Crippen LogP contribution in [0.3, 0.4) is 0 Å². The van der Waals surface area contributed by atoms with Crippen molar-refractivity contribution in [1.82, 2.24) is 5.16 Å². The molecule has 3 aromatic rings. The number of carbonyl (C=O) groups is 2. The van der Waals surface area contributed by atoms with Crippen LogP contribution in [0.2, 0.25) is 0 Å². The number of nitrogens with one attached hydrogen (secondary N) is 2. The molecule has 0 radical (unpaired) electrons. The van der Waals surface area contributed by atoms with Gasteiger partial charge in [0.15, 0.2) is 5.82 Å². The third-order valence-electron chi connectivity index (χ3n) is 3.71. The van der Waals surface area contributed by atoms with Crippen LogP contribution in [0.25, 0.3) is 0 Å². The van der Waals surface area contributed by atoms with Gasteiger partial charge in [-0.1, -0.05) is 17.3 Å². The Hall–Kier alpha value is -3.61. The Morgan fingerprint density at radius 2 is 1.63 bits per heavy atom. The first-order chi connectivity index (χ1) is 13.1. The molecule has 0 saturated heterocycles. The lowest BCUT2D eigenvalue weighted by Gasteiger charge is -2.11. The van der Waals surface area contributed by atoms with E-state index in [9.17, 15) is 9.59 Å². The Morgan fingerprint density at radius 1 is 1.00 bits per heavy atom. The number of aromatic nitrogens is 1. The molecule has 0 aliphatic carbocycles.